The second-order valence-corrected chi connectivity index (χ2v) is 16.3. The summed E-state index contributed by atoms with van der Waals surface area (Å²) in [5.41, 5.74) is 14.9. The maximum Gasteiger partial charge on any atom is -0.00264 e. The van der Waals surface area contributed by atoms with E-state index in [1.54, 1.807) is 0 Å². The van der Waals surface area contributed by atoms with Gasteiger partial charge in [0.1, 0.15) is 0 Å². The Kier molecular flexibility index (Phi) is 8.61. The number of fused-ring (bicyclic) bond motifs is 5. The Morgan fingerprint density at radius 1 is 0.129 bits per heavy atom. The van der Waals surface area contributed by atoms with E-state index >= 15 is 0 Å². The molecule has 0 bridgehead atoms. The number of rotatable bonds is 6. The second kappa shape index (κ2) is 14.9. The van der Waals surface area contributed by atoms with E-state index in [2.05, 4.69) is 243 Å². The molecule has 0 spiro atoms. The third-order valence-corrected chi connectivity index (χ3v) is 12.9. The third-order valence-electron chi connectivity index (χ3n) is 12.9. The molecule has 0 nitrogen and oxygen atoms in total. The van der Waals surface area contributed by atoms with Gasteiger partial charge in [0.15, 0.2) is 0 Å². The number of hydrogen-bond donors (Lipinski definition) is 0. The Labute approximate surface area is 361 Å². The van der Waals surface area contributed by atoms with E-state index in [4.69, 9.17) is 0 Å². The topological polar surface area (TPSA) is 0 Å². The molecule has 288 valence electrons. The Morgan fingerprint density at radius 2 is 0.339 bits per heavy atom. The highest BCUT2D eigenvalue weighted by atomic mass is 14.2. The average molecular weight is 785 g/mol. The van der Waals surface area contributed by atoms with Gasteiger partial charge in [-0.25, -0.2) is 0 Å². The molecular weight excluding hydrogens is 745 g/mol. The van der Waals surface area contributed by atoms with Gasteiger partial charge >= 0.3 is 0 Å². The predicted molar refractivity (Wildman–Crippen MR) is 267 cm³/mol. The van der Waals surface area contributed by atoms with E-state index in [-0.39, 0.29) is 0 Å². The van der Waals surface area contributed by atoms with Crippen molar-refractivity contribution in [3.8, 4) is 66.8 Å². The van der Waals surface area contributed by atoms with Crippen LogP contribution in [-0.4, -0.2) is 0 Å². The van der Waals surface area contributed by atoms with Crippen molar-refractivity contribution < 1.29 is 0 Å². The van der Waals surface area contributed by atoms with Crippen LogP contribution in [0.25, 0.3) is 121 Å². The normalized spacial score (nSPS) is 11.5. The van der Waals surface area contributed by atoms with Crippen molar-refractivity contribution in [2.45, 2.75) is 0 Å². The maximum atomic E-state index is 2.31. The molecular formula is C62H40. The van der Waals surface area contributed by atoms with Crippen molar-refractivity contribution >= 4 is 53.9 Å². The van der Waals surface area contributed by atoms with Gasteiger partial charge in [0.05, 0.1) is 0 Å². The van der Waals surface area contributed by atoms with Crippen molar-refractivity contribution in [2.24, 2.45) is 0 Å². The van der Waals surface area contributed by atoms with E-state index in [1.165, 1.54) is 121 Å². The highest BCUT2D eigenvalue weighted by Crippen LogP contribution is 2.46. The molecule has 0 aliphatic rings. The third kappa shape index (κ3) is 5.84. The molecule has 0 heterocycles. The quantitative estimate of drug-likeness (QED) is 0.147. The summed E-state index contributed by atoms with van der Waals surface area (Å²) in [4.78, 5) is 0. The van der Waals surface area contributed by atoms with Crippen LogP contribution in [0.15, 0.2) is 243 Å². The molecule has 0 fully saturated rings. The fraction of sp³-hybridized carbons (Fsp3) is 0. The van der Waals surface area contributed by atoms with Crippen LogP contribution in [-0.2, 0) is 0 Å². The molecule has 0 unspecified atom stereocenters. The summed E-state index contributed by atoms with van der Waals surface area (Å²) >= 11 is 0. The Morgan fingerprint density at radius 3 is 0.613 bits per heavy atom. The van der Waals surface area contributed by atoms with Gasteiger partial charge in [-0.1, -0.05) is 243 Å². The van der Waals surface area contributed by atoms with Gasteiger partial charge in [-0.15, -0.1) is 0 Å². The van der Waals surface area contributed by atoms with E-state index < -0.39 is 0 Å². The van der Waals surface area contributed by atoms with Crippen molar-refractivity contribution in [3.05, 3.63) is 243 Å². The Bertz CT molecular complexity index is 3280. The molecule has 0 amide bonds. The minimum Gasteiger partial charge on any atom is -0.0622 e. The van der Waals surface area contributed by atoms with Crippen LogP contribution in [0.3, 0.4) is 0 Å². The molecule has 0 saturated heterocycles. The van der Waals surface area contributed by atoms with Crippen molar-refractivity contribution in [1.82, 2.24) is 0 Å². The standard InChI is InChI=1S/C62H40/c1-3-17-43(18-4-1)59-51-21-7-11-25-55(51)61(56-26-12-8-22-52(56)59)45-37-33-41(34-38-45)47-29-15-32-50-48(30-16-31-49(47)50)42-35-39-46(40-36-42)62-57-27-13-9-23-53(57)60(44-19-5-2-6-20-44)54-24-10-14-28-58(54)62/h1-40H. The van der Waals surface area contributed by atoms with Gasteiger partial charge in [0, 0.05) is 0 Å². The fourth-order valence-electron chi connectivity index (χ4n) is 10.2. The first-order chi connectivity index (χ1) is 30.8. The van der Waals surface area contributed by atoms with E-state index in [1.807, 2.05) is 0 Å². The predicted octanol–water partition coefficient (Wildman–Crippen LogP) is 17.5. The molecule has 12 rings (SSSR count). The zero-order chi connectivity index (χ0) is 41.0. The summed E-state index contributed by atoms with van der Waals surface area (Å²) in [6, 6.07) is 89.1. The molecule has 12 aromatic rings. The lowest BCUT2D eigenvalue weighted by molar-refractivity contribution is 1.61. The van der Waals surface area contributed by atoms with Crippen LogP contribution < -0.4 is 0 Å². The van der Waals surface area contributed by atoms with E-state index in [0.29, 0.717) is 0 Å². The van der Waals surface area contributed by atoms with Crippen molar-refractivity contribution in [2.75, 3.05) is 0 Å². The van der Waals surface area contributed by atoms with Gasteiger partial charge in [-0.3, -0.25) is 0 Å². The molecule has 0 N–H and O–H groups in total. The minimum atomic E-state index is 1.21. The largest absolute Gasteiger partial charge is 0.0622 e. The summed E-state index contributed by atoms with van der Waals surface area (Å²) in [5.74, 6) is 0. The molecule has 0 heteroatoms. The van der Waals surface area contributed by atoms with Crippen LogP contribution in [0.1, 0.15) is 0 Å². The lowest BCUT2D eigenvalue weighted by Crippen LogP contribution is -1.91. The van der Waals surface area contributed by atoms with Gasteiger partial charge < -0.3 is 0 Å². The maximum absolute atomic E-state index is 2.31. The molecule has 12 aromatic carbocycles. The summed E-state index contributed by atoms with van der Waals surface area (Å²) in [7, 11) is 0. The van der Waals surface area contributed by atoms with Crippen LogP contribution >= 0.6 is 0 Å². The Balaban J connectivity index is 0.938. The smallest absolute Gasteiger partial charge is 0.00264 e. The monoisotopic (exact) mass is 784 g/mol. The fourth-order valence-corrected chi connectivity index (χ4v) is 10.2. The molecule has 0 aromatic heterocycles. The van der Waals surface area contributed by atoms with Crippen LogP contribution in [0.2, 0.25) is 0 Å². The number of hydrogen-bond acceptors (Lipinski definition) is 0. The molecule has 0 atom stereocenters. The molecule has 62 heavy (non-hydrogen) atoms. The van der Waals surface area contributed by atoms with E-state index in [0.717, 1.165) is 0 Å². The zero-order valence-electron chi connectivity index (χ0n) is 34.1. The summed E-state index contributed by atoms with van der Waals surface area (Å²) < 4.78 is 0. The second-order valence-electron chi connectivity index (χ2n) is 16.3. The summed E-state index contributed by atoms with van der Waals surface area (Å²) in [5, 5.41) is 12.7. The molecule has 0 aliphatic heterocycles. The van der Waals surface area contributed by atoms with Gasteiger partial charge in [-0.05, 0) is 121 Å². The SMILES string of the molecule is c1ccc(-c2c3ccccc3c(-c3ccc(-c4cccc5c(-c6ccc(-c7c8ccccc8c(-c8ccccc8)c8ccccc78)cc6)cccc45)cc3)c3ccccc23)cc1. The van der Waals surface area contributed by atoms with Gasteiger partial charge in [-0.2, -0.15) is 0 Å². The van der Waals surface area contributed by atoms with Gasteiger partial charge in [0.2, 0.25) is 0 Å². The molecule has 0 radical (unpaired) electrons. The van der Waals surface area contributed by atoms with Crippen LogP contribution in [0, 0.1) is 0 Å². The Hall–Kier alpha value is -8.06. The minimum absolute atomic E-state index is 1.21. The summed E-state index contributed by atoms with van der Waals surface area (Å²) in [6.07, 6.45) is 0. The average Bonchev–Trinajstić information content (AvgIpc) is 3.35. The highest BCUT2D eigenvalue weighted by molar-refractivity contribution is 6.23. The van der Waals surface area contributed by atoms with Gasteiger partial charge in [0.25, 0.3) is 0 Å². The first-order valence-electron chi connectivity index (χ1n) is 21.5. The highest BCUT2D eigenvalue weighted by Gasteiger charge is 2.19. The van der Waals surface area contributed by atoms with Crippen molar-refractivity contribution in [3.63, 3.8) is 0 Å². The van der Waals surface area contributed by atoms with E-state index in [9.17, 15) is 0 Å². The van der Waals surface area contributed by atoms with Crippen molar-refractivity contribution in [1.29, 1.82) is 0 Å². The summed E-state index contributed by atoms with van der Waals surface area (Å²) in [6.45, 7) is 0. The number of benzene rings is 12. The zero-order valence-corrected chi connectivity index (χ0v) is 34.1. The van der Waals surface area contributed by atoms with Crippen LogP contribution in [0.4, 0.5) is 0 Å². The molecule has 0 saturated carbocycles. The first kappa shape index (κ1) is 35.8. The lowest BCUT2D eigenvalue weighted by Gasteiger charge is -2.18. The molecule has 0 aliphatic carbocycles. The first-order valence-corrected chi connectivity index (χ1v) is 21.5. The van der Waals surface area contributed by atoms with Crippen LogP contribution in [0.5, 0.6) is 0 Å². The lowest BCUT2D eigenvalue weighted by atomic mass is 9.85.